The molecule has 6 heteroatoms. The van der Waals surface area contributed by atoms with Crippen LogP contribution in [0.25, 0.3) is 0 Å². The smallest absolute Gasteiger partial charge is 0.276 e. The molecule has 0 bridgehead atoms. The van der Waals surface area contributed by atoms with Crippen LogP contribution in [0, 0.1) is 0 Å². The average Bonchev–Trinajstić information content (AvgIpc) is 2.29. The van der Waals surface area contributed by atoms with E-state index in [1.54, 1.807) is 6.92 Å². The summed E-state index contributed by atoms with van der Waals surface area (Å²) < 4.78 is 36.5. The molecule has 0 aromatic rings. The molecule has 0 aliphatic carbocycles. The molecule has 0 spiro atoms. The maximum Gasteiger partial charge on any atom is 0.487 e. The van der Waals surface area contributed by atoms with Crippen molar-refractivity contribution in [3.8, 4) is 0 Å². The van der Waals surface area contributed by atoms with E-state index in [9.17, 15) is 13.2 Å². The Morgan fingerprint density at radius 1 is 1.50 bits per heavy atom. The molecule has 0 fully saturated rings. The van der Waals surface area contributed by atoms with E-state index in [-0.39, 0.29) is 0 Å². The van der Waals surface area contributed by atoms with Gasteiger partial charge in [0.05, 0.1) is 0 Å². The highest BCUT2D eigenvalue weighted by Crippen LogP contribution is 2.27. The quantitative estimate of drug-likeness (QED) is 0.570. The molecule has 1 unspecified atom stereocenters. The lowest BCUT2D eigenvalue weighted by atomic mass is 10.3. The summed E-state index contributed by atoms with van der Waals surface area (Å²) in [4.78, 5) is 0.299. The van der Waals surface area contributed by atoms with Gasteiger partial charge >= 0.3 is 6.30 Å². The monoisotopic (exact) mass is 181 g/mol. The molecule has 12 heavy (non-hydrogen) atoms. The van der Waals surface area contributed by atoms with E-state index in [4.69, 9.17) is 0 Å². The molecule has 1 heterocycles. The molecule has 0 amide bonds. The number of hydrogen-bond acceptors (Lipinski definition) is 3. The number of hydrogen-bond donors (Lipinski definition) is 0. The first kappa shape index (κ1) is 9.15. The Labute approximate surface area is 68.4 Å². The predicted molar refractivity (Wildman–Crippen MR) is 38.2 cm³/mol. The second-order valence-electron chi connectivity index (χ2n) is 2.57. The van der Waals surface area contributed by atoms with E-state index in [1.807, 2.05) is 0 Å². The first-order chi connectivity index (χ1) is 5.46. The standard InChI is InChI=1S/C6H10F3N3/c1-3-5-11(2)10-4-12(5)6(7,8)9/h4-5H,3H2,1-2H3. The van der Waals surface area contributed by atoms with Crippen molar-refractivity contribution in [3.63, 3.8) is 0 Å². The van der Waals surface area contributed by atoms with Crippen LogP contribution in [0.5, 0.6) is 0 Å². The summed E-state index contributed by atoms with van der Waals surface area (Å²) in [6.45, 7) is 1.69. The first-order valence-corrected chi connectivity index (χ1v) is 3.59. The van der Waals surface area contributed by atoms with E-state index < -0.39 is 12.5 Å². The van der Waals surface area contributed by atoms with E-state index in [0.29, 0.717) is 11.3 Å². The average molecular weight is 181 g/mol. The van der Waals surface area contributed by atoms with Crippen LogP contribution in [0.1, 0.15) is 13.3 Å². The third kappa shape index (κ3) is 1.46. The van der Waals surface area contributed by atoms with Gasteiger partial charge in [0.1, 0.15) is 12.5 Å². The van der Waals surface area contributed by atoms with Crippen LogP contribution in [0.4, 0.5) is 13.2 Å². The second-order valence-corrected chi connectivity index (χ2v) is 2.57. The fourth-order valence-corrected chi connectivity index (χ4v) is 1.17. The van der Waals surface area contributed by atoms with Crippen LogP contribution in [0.2, 0.25) is 0 Å². The van der Waals surface area contributed by atoms with Gasteiger partial charge in [-0.15, -0.1) is 13.2 Å². The Morgan fingerprint density at radius 3 is 2.42 bits per heavy atom. The van der Waals surface area contributed by atoms with Gasteiger partial charge in [-0.3, -0.25) is 9.91 Å². The highest BCUT2D eigenvalue weighted by Gasteiger charge is 2.43. The van der Waals surface area contributed by atoms with Crippen molar-refractivity contribution in [1.82, 2.24) is 9.91 Å². The minimum absolute atomic E-state index is 0.299. The zero-order valence-corrected chi connectivity index (χ0v) is 6.84. The van der Waals surface area contributed by atoms with Crippen LogP contribution in [0.15, 0.2) is 5.10 Å². The lowest BCUT2D eigenvalue weighted by Crippen LogP contribution is -2.45. The van der Waals surface area contributed by atoms with Gasteiger partial charge in [-0.25, -0.2) is 0 Å². The molecular weight excluding hydrogens is 171 g/mol. The zero-order valence-electron chi connectivity index (χ0n) is 6.84. The summed E-state index contributed by atoms with van der Waals surface area (Å²) in [7, 11) is 1.52. The van der Waals surface area contributed by atoms with Gasteiger partial charge in [0.15, 0.2) is 0 Å². The number of halogens is 3. The van der Waals surface area contributed by atoms with Crippen molar-refractivity contribution in [2.45, 2.75) is 25.8 Å². The largest absolute Gasteiger partial charge is 0.487 e. The molecule has 0 saturated carbocycles. The van der Waals surface area contributed by atoms with Gasteiger partial charge < -0.3 is 0 Å². The number of hydrazone groups is 1. The van der Waals surface area contributed by atoms with E-state index in [1.165, 1.54) is 12.1 Å². The molecule has 0 N–H and O–H groups in total. The van der Waals surface area contributed by atoms with Crippen molar-refractivity contribution in [3.05, 3.63) is 0 Å². The Bertz CT molecular complexity index is 189. The summed E-state index contributed by atoms with van der Waals surface area (Å²) in [5.41, 5.74) is 0. The maximum absolute atomic E-state index is 12.2. The Balaban J connectivity index is 2.73. The fraction of sp³-hybridized carbons (Fsp3) is 0.833. The number of rotatable bonds is 1. The third-order valence-electron chi connectivity index (χ3n) is 1.77. The Morgan fingerprint density at radius 2 is 2.08 bits per heavy atom. The highest BCUT2D eigenvalue weighted by molar-refractivity contribution is 5.57. The molecule has 1 aliphatic rings. The second kappa shape index (κ2) is 2.84. The normalized spacial score (nSPS) is 23.9. The number of nitrogens with zero attached hydrogens (tertiary/aromatic N) is 3. The topological polar surface area (TPSA) is 18.8 Å². The molecule has 70 valence electrons. The molecule has 1 rings (SSSR count). The molecule has 1 atom stereocenters. The minimum atomic E-state index is -4.32. The van der Waals surface area contributed by atoms with Crippen LogP contribution in [0.3, 0.4) is 0 Å². The Kier molecular flexibility index (Phi) is 2.16. The molecule has 0 saturated heterocycles. The van der Waals surface area contributed by atoms with Crippen molar-refractivity contribution in [2.75, 3.05) is 7.05 Å². The summed E-state index contributed by atoms with van der Waals surface area (Å²) in [6, 6.07) is 0. The highest BCUT2D eigenvalue weighted by atomic mass is 19.4. The summed E-state index contributed by atoms with van der Waals surface area (Å²) in [5.74, 6) is 0. The van der Waals surface area contributed by atoms with Gasteiger partial charge in [-0.2, -0.15) is 5.10 Å². The molecule has 0 aromatic carbocycles. The van der Waals surface area contributed by atoms with E-state index in [2.05, 4.69) is 5.10 Å². The summed E-state index contributed by atoms with van der Waals surface area (Å²) >= 11 is 0. The van der Waals surface area contributed by atoms with Crippen molar-refractivity contribution < 1.29 is 13.2 Å². The SMILES string of the molecule is CCC1N(C)N=CN1C(F)(F)F. The fourth-order valence-electron chi connectivity index (χ4n) is 1.17. The molecule has 1 aliphatic heterocycles. The lowest BCUT2D eigenvalue weighted by molar-refractivity contribution is -0.234. The molecular formula is C6H10F3N3. The Hall–Kier alpha value is -0.940. The zero-order chi connectivity index (χ0) is 9.35. The van der Waals surface area contributed by atoms with Crippen molar-refractivity contribution in [1.29, 1.82) is 0 Å². The van der Waals surface area contributed by atoms with Crippen LogP contribution in [-0.2, 0) is 0 Å². The van der Waals surface area contributed by atoms with Crippen LogP contribution >= 0.6 is 0 Å². The van der Waals surface area contributed by atoms with Gasteiger partial charge in [0.2, 0.25) is 0 Å². The minimum Gasteiger partial charge on any atom is -0.276 e. The van der Waals surface area contributed by atoms with E-state index >= 15 is 0 Å². The van der Waals surface area contributed by atoms with Gasteiger partial charge in [-0.05, 0) is 6.42 Å². The summed E-state index contributed by atoms with van der Waals surface area (Å²) in [6.07, 6.45) is -3.82. The van der Waals surface area contributed by atoms with Crippen molar-refractivity contribution >= 4 is 6.34 Å². The molecule has 0 radical (unpaired) electrons. The van der Waals surface area contributed by atoms with Crippen LogP contribution in [-0.4, -0.2) is 35.8 Å². The lowest BCUT2D eigenvalue weighted by Gasteiger charge is -2.28. The van der Waals surface area contributed by atoms with Gasteiger partial charge in [0.25, 0.3) is 0 Å². The van der Waals surface area contributed by atoms with Crippen molar-refractivity contribution in [2.24, 2.45) is 5.10 Å². The van der Waals surface area contributed by atoms with Gasteiger partial charge in [0, 0.05) is 7.05 Å². The molecule has 3 nitrogen and oxygen atoms in total. The summed E-state index contributed by atoms with van der Waals surface area (Å²) in [5, 5.41) is 4.85. The first-order valence-electron chi connectivity index (χ1n) is 3.59. The molecule has 0 aromatic heterocycles. The maximum atomic E-state index is 12.2. The van der Waals surface area contributed by atoms with E-state index in [0.717, 1.165) is 6.34 Å². The van der Waals surface area contributed by atoms with Gasteiger partial charge in [-0.1, -0.05) is 6.92 Å². The van der Waals surface area contributed by atoms with Crippen LogP contribution < -0.4 is 0 Å². The predicted octanol–water partition coefficient (Wildman–Crippen LogP) is 1.43. The third-order valence-corrected chi connectivity index (χ3v) is 1.77. The number of alkyl halides is 3.